The van der Waals surface area contributed by atoms with Gasteiger partial charge in [0.1, 0.15) is 0 Å². The zero-order valence-electron chi connectivity index (χ0n) is 10.4. The molecule has 2 rings (SSSR count). The van der Waals surface area contributed by atoms with Crippen molar-refractivity contribution in [3.63, 3.8) is 0 Å². The molecular formula is C14H18Cl2O2. The Labute approximate surface area is 118 Å². The third kappa shape index (κ3) is 3.00. The Bertz CT molecular complexity index is 409. The number of halogens is 2. The number of hydrogen-bond acceptors (Lipinski definition) is 2. The molecule has 0 bridgehead atoms. The van der Waals surface area contributed by atoms with Gasteiger partial charge in [-0.2, -0.15) is 0 Å². The fraction of sp³-hybridized carbons (Fsp3) is 0.571. The summed E-state index contributed by atoms with van der Waals surface area (Å²) in [6, 6.07) is 5.53. The van der Waals surface area contributed by atoms with Crippen LogP contribution in [0.5, 0.6) is 0 Å². The highest BCUT2D eigenvalue weighted by molar-refractivity contribution is 6.42. The summed E-state index contributed by atoms with van der Waals surface area (Å²) in [4.78, 5) is 0. The second-order valence-electron chi connectivity index (χ2n) is 4.75. The van der Waals surface area contributed by atoms with Crippen LogP contribution in [0.4, 0.5) is 0 Å². The normalized spacial score (nSPS) is 25.3. The van der Waals surface area contributed by atoms with E-state index in [2.05, 4.69) is 6.92 Å². The fourth-order valence-electron chi connectivity index (χ4n) is 2.61. The van der Waals surface area contributed by atoms with Crippen molar-refractivity contribution in [2.24, 2.45) is 5.92 Å². The third-order valence-electron chi connectivity index (χ3n) is 3.62. The molecule has 0 aromatic heterocycles. The van der Waals surface area contributed by atoms with E-state index in [-0.39, 0.29) is 12.0 Å². The maximum atomic E-state index is 10.3. The van der Waals surface area contributed by atoms with Crippen molar-refractivity contribution in [3.05, 3.63) is 33.8 Å². The Morgan fingerprint density at radius 3 is 2.94 bits per heavy atom. The Morgan fingerprint density at radius 2 is 2.22 bits per heavy atom. The van der Waals surface area contributed by atoms with Crippen LogP contribution in [0.2, 0.25) is 10.0 Å². The second kappa shape index (κ2) is 6.25. The van der Waals surface area contributed by atoms with Crippen molar-refractivity contribution >= 4 is 23.2 Å². The lowest BCUT2D eigenvalue weighted by atomic mass is 9.89. The van der Waals surface area contributed by atoms with Crippen molar-refractivity contribution < 1.29 is 9.84 Å². The van der Waals surface area contributed by atoms with Crippen LogP contribution in [-0.4, -0.2) is 23.9 Å². The molecule has 3 atom stereocenters. The fourth-order valence-corrected chi connectivity index (χ4v) is 3.01. The molecule has 0 radical (unpaired) electrons. The van der Waals surface area contributed by atoms with E-state index in [4.69, 9.17) is 27.9 Å². The molecule has 0 saturated carbocycles. The predicted molar refractivity (Wildman–Crippen MR) is 74.3 cm³/mol. The molecule has 1 N–H and O–H groups in total. The first kappa shape index (κ1) is 14.1. The van der Waals surface area contributed by atoms with Crippen molar-refractivity contribution in [1.29, 1.82) is 0 Å². The smallest absolute Gasteiger partial charge is 0.0634 e. The van der Waals surface area contributed by atoms with Crippen LogP contribution in [-0.2, 0) is 11.2 Å². The number of benzene rings is 1. The number of hydrogen-bond donors (Lipinski definition) is 1. The summed E-state index contributed by atoms with van der Waals surface area (Å²) in [6.45, 7) is 2.82. The molecule has 1 aliphatic rings. The number of aliphatic hydroxyl groups excluding tert-OH is 1. The Morgan fingerprint density at radius 1 is 1.44 bits per heavy atom. The average molecular weight is 289 g/mol. The van der Waals surface area contributed by atoms with Crippen LogP contribution < -0.4 is 0 Å². The van der Waals surface area contributed by atoms with E-state index >= 15 is 0 Å². The van der Waals surface area contributed by atoms with Gasteiger partial charge < -0.3 is 9.84 Å². The molecule has 100 valence electrons. The van der Waals surface area contributed by atoms with Crippen molar-refractivity contribution in [3.8, 4) is 0 Å². The standard InChI is InChI=1S/C14H18Cl2O2/c1-2-13-10(6-7-18-13)12(17)8-9-4-3-5-11(15)14(9)16/h3-5,10,12-13,17H,2,6-8H2,1H3. The number of rotatable bonds is 4. The summed E-state index contributed by atoms with van der Waals surface area (Å²) in [5.74, 6) is 0.199. The molecule has 1 fully saturated rings. The average Bonchev–Trinajstić information content (AvgIpc) is 2.83. The van der Waals surface area contributed by atoms with E-state index < -0.39 is 6.10 Å². The topological polar surface area (TPSA) is 29.5 Å². The minimum absolute atomic E-state index is 0.165. The predicted octanol–water partition coefficient (Wildman–Crippen LogP) is 3.71. The van der Waals surface area contributed by atoms with E-state index in [1.807, 2.05) is 12.1 Å². The van der Waals surface area contributed by atoms with Crippen LogP contribution in [0, 0.1) is 5.92 Å². The van der Waals surface area contributed by atoms with Crippen LogP contribution >= 0.6 is 23.2 Å². The van der Waals surface area contributed by atoms with Gasteiger partial charge in [0.05, 0.1) is 22.3 Å². The lowest BCUT2D eigenvalue weighted by Gasteiger charge is -2.23. The van der Waals surface area contributed by atoms with E-state index in [9.17, 15) is 5.11 Å². The molecule has 0 spiro atoms. The lowest BCUT2D eigenvalue weighted by Crippen LogP contribution is -2.29. The van der Waals surface area contributed by atoms with Crippen molar-refractivity contribution in [2.45, 2.75) is 38.4 Å². The van der Waals surface area contributed by atoms with Gasteiger partial charge >= 0.3 is 0 Å². The molecule has 18 heavy (non-hydrogen) atoms. The molecular weight excluding hydrogens is 271 g/mol. The third-order valence-corrected chi connectivity index (χ3v) is 4.48. The molecule has 3 unspecified atom stereocenters. The summed E-state index contributed by atoms with van der Waals surface area (Å²) >= 11 is 12.1. The van der Waals surface area contributed by atoms with E-state index in [0.717, 1.165) is 25.0 Å². The van der Waals surface area contributed by atoms with Gasteiger partial charge in [0.2, 0.25) is 0 Å². The van der Waals surface area contributed by atoms with Gasteiger partial charge in [0, 0.05) is 18.9 Å². The SMILES string of the molecule is CCC1OCCC1C(O)Cc1cccc(Cl)c1Cl. The van der Waals surface area contributed by atoms with Crippen LogP contribution in [0.25, 0.3) is 0 Å². The monoisotopic (exact) mass is 288 g/mol. The maximum Gasteiger partial charge on any atom is 0.0634 e. The van der Waals surface area contributed by atoms with Gasteiger partial charge in [-0.15, -0.1) is 0 Å². The van der Waals surface area contributed by atoms with Gasteiger partial charge in [-0.3, -0.25) is 0 Å². The van der Waals surface area contributed by atoms with E-state index in [1.165, 1.54) is 0 Å². The molecule has 2 nitrogen and oxygen atoms in total. The first-order chi connectivity index (χ1) is 8.63. The van der Waals surface area contributed by atoms with Crippen molar-refractivity contribution in [1.82, 2.24) is 0 Å². The largest absolute Gasteiger partial charge is 0.392 e. The van der Waals surface area contributed by atoms with Crippen LogP contribution in [0.1, 0.15) is 25.3 Å². The minimum atomic E-state index is -0.423. The first-order valence-corrected chi connectivity index (χ1v) is 7.11. The van der Waals surface area contributed by atoms with Gasteiger partial charge in [-0.25, -0.2) is 0 Å². The Hall–Kier alpha value is -0.280. The second-order valence-corrected chi connectivity index (χ2v) is 5.54. The van der Waals surface area contributed by atoms with Crippen molar-refractivity contribution in [2.75, 3.05) is 6.61 Å². The molecule has 0 aliphatic carbocycles. The molecule has 1 saturated heterocycles. The van der Waals surface area contributed by atoms with E-state index in [1.54, 1.807) is 6.07 Å². The highest BCUT2D eigenvalue weighted by Crippen LogP contribution is 2.31. The summed E-state index contributed by atoms with van der Waals surface area (Å²) in [6.07, 6.45) is 2.12. The Kier molecular flexibility index (Phi) is 4.91. The molecule has 1 heterocycles. The maximum absolute atomic E-state index is 10.3. The quantitative estimate of drug-likeness (QED) is 0.915. The molecule has 0 amide bonds. The van der Waals surface area contributed by atoms with Gasteiger partial charge in [0.25, 0.3) is 0 Å². The van der Waals surface area contributed by atoms with Gasteiger partial charge in [-0.1, -0.05) is 42.3 Å². The Balaban J connectivity index is 2.06. The first-order valence-electron chi connectivity index (χ1n) is 6.36. The van der Waals surface area contributed by atoms with E-state index in [0.29, 0.717) is 16.5 Å². The molecule has 4 heteroatoms. The highest BCUT2D eigenvalue weighted by Gasteiger charge is 2.32. The van der Waals surface area contributed by atoms with Gasteiger partial charge in [0.15, 0.2) is 0 Å². The molecule has 1 aromatic rings. The lowest BCUT2D eigenvalue weighted by molar-refractivity contribution is 0.0318. The molecule has 1 aromatic carbocycles. The van der Waals surface area contributed by atoms with Crippen LogP contribution in [0.15, 0.2) is 18.2 Å². The molecule has 1 aliphatic heterocycles. The minimum Gasteiger partial charge on any atom is -0.392 e. The summed E-state index contributed by atoms with van der Waals surface area (Å²) in [5.41, 5.74) is 0.901. The highest BCUT2D eigenvalue weighted by atomic mass is 35.5. The van der Waals surface area contributed by atoms with Crippen LogP contribution in [0.3, 0.4) is 0 Å². The summed E-state index contributed by atoms with van der Waals surface area (Å²) in [7, 11) is 0. The zero-order chi connectivity index (χ0) is 13.1. The number of ether oxygens (including phenoxy) is 1. The zero-order valence-corrected chi connectivity index (χ0v) is 11.9. The number of aliphatic hydroxyl groups is 1. The summed E-state index contributed by atoms with van der Waals surface area (Å²) < 4.78 is 5.61. The summed E-state index contributed by atoms with van der Waals surface area (Å²) in [5, 5.41) is 11.4. The van der Waals surface area contributed by atoms with Gasteiger partial charge in [-0.05, 0) is 24.5 Å².